The van der Waals surface area contributed by atoms with Gasteiger partial charge in [0.05, 0.1) is 5.54 Å². The molecule has 0 amide bonds. The molecule has 0 aliphatic heterocycles. The van der Waals surface area contributed by atoms with Gasteiger partial charge in [0.25, 0.3) is 0 Å². The average molecular weight is 137 g/mol. The molecule has 1 unspecified atom stereocenters. The van der Waals surface area contributed by atoms with Crippen LogP contribution >= 0.6 is 0 Å². The van der Waals surface area contributed by atoms with E-state index in [9.17, 15) is 0 Å². The summed E-state index contributed by atoms with van der Waals surface area (Å²) < 4.78 is 0. The van der Waals surface area contributed by atoms with Gasteiger partial charge in [0.15, 0.2) is 0 Å². The van der Waals surface area contributed by atoms with Crippen molar-refractivity contribution in [3.8, 4) is 12.3 Å². The van der Waals surface area contributed by atoms with Crippen LogP contribution in [0.4, 0.5) is 0 Å². The summed E-state index contributed by atoms with van der Waals surface area (Å²) in [7, 11) is 0. The van der Waals surface area contributed by atoms with Crippen molar-refractivity contribution in [3.05, 3.63) is 0 Å². The quantitative estimate of drug-likeness (QED) is 0.503. The van der Waals surface area contributed by atoms with Crippen molar-refractivity contribution < 1.29 is 0 Å². The molecule has 1 nitrogen and oxygen atoms in total. The molecule has 1 saturated carbocycles. The lowest BCUT2D eigenvalue weighted by Crippen LogP contribution is -2.35. The highest BCUT2D eigenvalue weighted by Gasteiger charge is 2.38. The van der Waals surface area contributed by atoms with E-state index in [4.69, 9.17) is 12.2 Å². The summed E-state index contributed by atoms with van der Waals surface area (Å²) in [6.45, 7) is 4.44. The maximum atomic E-state index is 5.90. The third-order valence-corrected chi connectivity index (χ3v) is 2.33. The minimum absolute atomic E-state index is 0.302. The van der Waals surface area contributed by atoms with Gasteiger partial charge in [0.2, 0.25) is 0 Å². The normalized spacial score (nSPS) is 37.4. The average Bonchev–Trinajstić information content (AvgIpc) is 2.08. The zero-order chi connectivity index (χ0) is 7.83. The minimum Gasteiger partial charge on any atom is -0.315 e. The fourth-order valence-electron chi connectivity index (χ4n) is 1.72. The Morgan fingerprint density at radius 2 is 2.00 bits per heavy atom. The van der Waals surface area contributed by atoms with Gasteiger partial charge in [-0.1, -0.05) is 19.8 Å². The third kappa shape index (κ3) is 1.33. The Balaban J connectivity index is 2.69. The van der Waals surface area contributed by atoms with E-state index < -0.39 is 0 Å². The van der Waals surface area contributed by atoms with E-state index in [2.05, 4.69) is 19.8 Å². The molecule has 0 radical (unpaired) electrons. The lowest BCUT2D eigenvalue weighted by molar-refractivity contribution is 0.363. The molecule has 10 heavy (non-hydrogen) atoms. The third-order valence-electron chi connectivity index (χ3n) is 2.33. The molecule has 1 heteroatoms. The smallest absolute Gasteiger partial charge is 0.0778 e. The molecule has 1 aliphatic rings. The molecule has 0 saturated heterocycles. The largest absolute Gasteiger partial charge is 0.315 e. The molecule has 56 valence electrons. The van der Waals surface area contributed by atoms with E-state index in [0.29, 0.717) is 5.41 Å². The van der Waals surface area contributed by atoms with E-state index >= 15 is 0 Å². The van der Waals surface area contributed by atoms with Gasteiger partial charge in [0.1, 0.15) is 0 Å². The van der Waals surface area contributed by atoms with Gasteiger partial charge in [-0.25, -0.2) is 0 Å². The van der Waals surface area contributed by atoms with E-state index in [-0.39, 0.29) is 5.54 Å². The van der Waals surface area contributed by atoms with E-state index in [1.807, 2.05) is 0 Å². The van der Waals surface area contributed by atoms with Crippen molar-refractivity contribution in [3.63, 3.8) is 0 Å². The molecule has 0 aromatic heterocycles. The standard InChI is InChI=1S/C9H15N/c1-4-9(10)6-5-8(2,3)7-9/h1H,5-7,10H2,2-3H3. The number of rotatable bonds is 0. The predicted octanol–water partition coefficient (Wildman–Crippen LogP) is 1.53. The summed E-state index contributed by atoms with van der Waals surface area (Å²) >= 11 is 0. The molecular weight excluding hydrogens is 122 g/mol. The Bertz CT molecular complexity index is 176. The summed E-state index contributed by atoms with van der Waals surface area (Å²) in [6.07, 6.45) is 8.43. The number of terminal acetylenes is 1. The van der Waals surface area contributed by atoms with Crippen LogP contribution in [0.25, 0.3) is 0 Å². The van der Waals surface area contributed by atoms with Crippen molar-refractivity contribution in [2.45, 2.75) is 38.6 Å². The first kappa shape index (κ1) is 7.63. The van der Waals surface area contributed by atoms with Crippen molar-refractivity contribution in [1.29, 1.82) is 0 Å². The topological polar surface area (TPSA) is 26.0 Å². The monoisotopic (exact) mass is 137 g/mol. The molecule has 1 aliphatic carbocycles. The number of hydrogen-bond acceptors (Lipinski definition) is 1. The van der Waals surface area contributed by atoms with E-state index in [0.717, 1.165) is 19.3 Å². The summed E-state index contributed by atoms with van der Waals surface area (Å²) in [5.74, 6) is 2.67. The maximum absolute atomic E-state index is 5.90. The van der Waals surface area contributed by atoms with Crippen LogP contribution in [0.15, 0.2) is 0 Å². The van der Waals surface area contributed by atoms with E-state index in [1.54, 1.807) is 0 Å². The van der Waals surface area contributed by atoms with Gasteiger partial charge in [-0.2, -0.15) is 0 Å². The van der Waals surface area contributed by atoms with Crippen molar-refractivity contribution in [1.82, 2.24) is 0 Å². The molecule has 0 bridgehead atoms. The molecule has 0 spiro atoms. The van der Waals surface area contributed by atoms with Crippen LogP contribution in [0, 0.1) is 17.8 Å². The summed E-state index contributed by atoms with van der Waals surface area (Å²) in [4.78, 5) is 0. The zero-order valence-electron chi connectivity index (χ0n) is 6.78. The van der Waals surface area contributed by atoms with Crippen LogP contribution in [0.3, 0.4) is 0 Å². The molecule has 1 rings (SSSR count). The zero-order valence-corrected chi connectivity index (χ0v) is 6.78. The lowest BCUT2D eigenvalue weighted by Gasteiger charge is -2.20. The van der Waals surface area contributed by atoms with Crippen LogP contribution in [-0.2, 0) is 0 Å². The molecule has 0 aromatic carbocycles. The predicted molar refractivity (Wildman–Crippen MR) is 43.4 cm³/mol. The lowest BCUT2D eigenvalue weighted by atomic mass is 9.88. The van der Waals surface area contributed by atoms with Crippen LogP contribution in [0.2, 0.25) is 0 Å². The molecule has 0 heterocycles. The second kappa shape index (κ2) is 2.00. The fraction of sp³-hybridized carbons (Fsp3) is 0.778. The maximum Gasteiger partial charge on any atom is 0.0778 e. The minimum atomic E-state index is -0.302. The Hall–Kier alpha value is -0.480. The molecule has 0 aromatic rings. The van der Waals surface area contributed by atoms with Crippen LogP contribution < -0.4 is 5.73 Å². The van der Waals surface area contributed by atoms with Crippen LogP contribution in [-0.4, -0.2) is 5.54 Å². The van der Waals surface area contributed by atoms with Crippen LogP contribution in [0.1, 0.15) is 33.1 Å². The first-order chi connectivity index (χ1) is 4.47. The highest BCUT2D eigenvalue weighted by molar-refractivity contribution is 5.16. The summed E-state index contributed by atoms with van der Waals surface area (Å²) in [5, 5.41) is 0. The number of nitrogens with two attached hydrogens (primary N) is 1. The van der Waals surface area contributed by atoms with Gasteiger partial charge in [-0.15, -0.1) is 6.42 Å². The van der Waals surface area contributed by atoms with Crippen molar-refractivity contribution in [2.24, 2.45) is 11.1 Å². The highest BCUT2D eigenvalue weighted by atomic mass is 14.8. The molecular formula is C9H15N. The van der Waals surface area contributed by atoms with Gasteiger partial charge >= 0.3 is 0 Å². The Kier molecular flexibility index (Phi) is 1.53. The molecule has 1 fully saturated rings. The Morgan fingerprint density at radius 3 is 2.20 bits per heavy atom. The molecule has 2 N–H and O–H groups in total. The Labute approximate surface area is 63.0 Å². The van der Waals surface area contributed by atoms with Gasteiger partial charge in [0, 0.05) is 0 Å². The highest BCUT2D eigenvalue weighted by Crippen LogP contribution is 2.41. The van der Waals surface area contributed by atoms with Crippen molar-refractivity contribution in [2.75, 3.05) is 0 Å². The van der Waals surface area contributed by atoms with E-state index in [1.165, 1.54) is 0 Å². The van der Waals surface area contributed by atoms with Crippen LogP contribution in [0.5, 0.6) is 0 Å². The number of hydrogen-bond donors (Lipinski definition) is 1. The van der Waals surface area contributed by atoms with Gasteiger partial charge in [-0.3, -0.25) is 0 Å². The second-order valence-corrected chi connectivity index (χ2v) is 4.14. The summed E-state index contributed by atoms with van der Waals surface area (Å²) in [6, 6.07) is 0. The van der Waals surface area contributed by atoms with Gasteiger partial charge in [-0.05, 0) is 24.7 Å². The summed E-state index contributed by atoms with van der Waals surface area (Å²) in [5.41, 5.74) is 5.96. The van der Waals surface area contributed by atoms with Crippen molar-refractivity contribution >= 4 is 0 Å². The Morgan fingerprint density at radius 1 is 1.40 bits per heavy atom. The fourth-order valence-corrected chi connectivity index (χ4v) is 1.72. The first-order valence-electron chi connectivity index (χ1n) is 3.74. The first-order valence-corrected chi connectivity index (χ1v) is 3.74. The SMILES string of the molecule is C#CC1(N)CCC(C)(C)C1. The molecule has 1 atom stereocenters. The van der Waals surface area contributed by atoms with Gasteiger partial charge < -0.3 is 5.73 Å². The second-order valence-electron chi connectivity index (χ2n) is 4.14.